The molecule has 0 aliphatic heterocycles. The van der Waals surface area contributed by atoms with Crippen LogP contribution >= 0.6 is 11.3 Å². The summed E-state index contributed by atoms with van der Waals surface area (Å²) < 4.78 is 5.34. The maximum Gasteiger partial charge on any atom is 0.193 e. The molecule has 0 atom stereocenters. The molecule has 1 aromatic heterocycles. The topological polar surface area (TPSA) is 22.1 Å². The van der Waals surface area contributed by atoms with E-state index in [-0.39, 0.29) is 0 Å². The maximum absolute atomic E-state index is 5.34. The lowest BCUT2D eigenvalue weighted by Gasteiger charge is -1.98. The molecule has 1 aromatic rings. The molecule has 0 aromatic carbocycles. The van der Waals surface area contributed by atoms with E-state index in [0.29, 0.717) is 0 Å². The lowest BCUT2D eigenvalue weighted by atomic mass is 10.4. The summed E-state index contributed by atoms with van der Waals surface area (Å²) in [5, 5.41) is 0.924. The quantitative estimate of drug-likeness (QED) is 0.626. The Morgan fingerprint density at radius 2 is 2.60 bits per heavy atom. The molecule has 0 aliphatic rings. The lowest BCUT2D eigenvalue weighted by molar-refractivity contribution is 0.317. The lowest BCUT2D eigenvalue weighted by Crippen LogP contribution is -1.93. The summed E-state index contributed by atoms with van der Waals surface area (Å²) in [7, 11) is 0. The van der Waals surface area contributed by atoms with Gasteiger partial charge in [-0.15, -0.1) is 0 Å². The van der Waals surface area contributed by atoms with E-state index in [1.165, 1.54) is 6.42 Å². The summed E-state index contributed by atoms with van der Waals surface area (Å²) in [4.78, 5) is 3.89. The van der Waals surface area contributed by atoms with Crippen LogP contribution in [-0.4, -0.2) is 11.6 Å². The van der Waals surface area contributed by atoms with Crippen molar-refractivity contribution in [2.75, 3.05) is 6.61 Å². The smallest absolute Gasteiger partial charge is 0.193 e. The van der Waals surface area contributed by atoms with Crippen LogP contribution < -0.4 is 4.74 Å². The molecule has 0 saturated carbocycles. The molecule has 1 heterocycles. The maximum atomic E-state index is 5.34. The van der Waals surface area contributed by atoms with E-state index in [2.05, 4.69) is 11.9 Å². The number of unbranched alkanes of at least 4 members (excludes halogenated alkanes) is 1. The van der Waals surface area contributed by atoms with Crippen molar-refractivity contribution in [2.24, 2.45) is 0 Å². The number of ether oxygens (including phenoxy) is 1. The summed E-state index contributed by atoms with van der Waals surface area (Å²) in [6.07, 6.45) is 4.05. The molecule has 0 bridgehead atoms. The zero-order valence-corrected chi connectivity index (χ0v) is 6.86. The molecule has 0 aliphatic carbocycles. The number of aromatic nitrogens is 1. The largest absolute Gasteiger partial charge is 0.483 e. The Bertz CT molecular complexity index is 162. The Kier molecular flexibility index (Phi) is 3.22. The van der Waals surface area contributed by atoms with Crippen LogP contribution in [0.5, 0.6) is 5.06 Å². The van der Waals surface area contributed by atoms with Gasteiger partial charge in [-0.2, -0.15) is 0 Å². The molecule has 0 amide bonds. The Labute approximate surface area is 64.9 Å². The highest BCUT2D eigenvalue weighted by atomic mass is 32.1. The molecule has 0 fully saturated rings. The van der Waals surface area contributed by atoms with E-state index in [1.54, 1.807) is 23.0 Å². The number of rotatable bonds is 4. The molecular weight excluding hydrogens is 146 g/mol. The van der Waals surface area contributed by atoms with Gasteiger partial charge in [0.15, 0.2) is 5.06 Å². The van der Waals surface area contributed by atoms with Gasteiger partial charge in [-0.25, -0.2) is 4.98 Å². The second-order valence-corrected chi connectivity index (χ2v) is 2.87. The first-order valence-electron chi connectivity index (χ1n) is 3.44. The minimum atomic E-state index is 0.818. The number of thiazole rings is 1. The fraction of sp³-hybridized carbons (Fsp3) is 0.571. The third-order valence-corrected chi connectivity index (χ3v) is 1.83. The van der Waals surface area contributed by atoms with E-state index in [9.17, 15) is 0 Å². The van der Waals surface area contributed by atoms with Crippen LogP contribution in [0.1, 0.15) is 19.8 Å². The SMILES string of the molecule is CCCCOc1cncs1. The molecule has 1 rings (SSSR count). The predicted octanol–water partition coefficient (Wildman–Crippen LogP) is 2.32. The van der Waals surface area contributed by atoms with E-state index in [1.807, 2.05) is 0 Å². The average Bonchev–Trinajstić information content (AvgIpc) is 2.41. The summed E-state index contributed by atoms with van der Waals surface area (Å²) in [6.45, 7) is 2.97. The van der Waals surface area contributed by atoms with Crippen LogP contribution in [0.4, 0.5) is 0 Å². The normalized spacial score (nSPS) is 9.70. The fourth-order valence-corrected chi connectivity index (χ4v) is 1.09. The molecule has 2 nitrogen and oxygen atoms in total. The molecule has 56 valence electrons. The van der Waals surface area contributed by atoms with Gasteiger partial charge >= 0.3 is 0 Å². The van der Waals surface area contributed by atoms with Crippen molar-refractivity contribution in [1.29, 1.82) is 0 Å². The molecule has 0 N–H and O–H groups in total. The van der Waals surface area contributed by atoms with E-state index in [4.69, 9.17) is 4.74 Å². The third-order valence-electron chi connectivity index (χ3n) is 1.15. The fourth-order valence-electron chi connectivity index (χ4n) is 0.592. The van der Waals surface area contributed by atoms with Gasteiger partial charge in [0.1, 0.15) is 0 Å². The van der Waals surface area contributed by atoms with Crippen molar-refractivity contribution < 1.29 is 4.74 Å². The predicted molar refractivity (Wildman–Crippen MR) is 42.5 cm³/mol. The number of nitrogens with zero attached hydrogens (tertiary/aromatic N) is 1. The zero-order valence-electron chi connectivity index (χ0n) is 6.04. The minimum Gasteiger partial charge on any atom is -0.483 e. The van der Waals surface area contributed by atoms with Crippen LogP contribution in [-0.2, 0) is 0 Å². The third kappa shape index (κ3) is 2.35. The summed E-state index contributed by atoms with van der Waals surface area (Å²) in [5.74, 6) is 0. The van der Waals surface area contributed by atoms with Gasteiger partial charge in [0, 0.05) is 0 Å². The van der Waals surface area contributed by atoms with Crippen molar-refractivity contribution in [3.63, 3.8) is 0 Å². The van der Waals surface area contributed by atoms with Gasteiger partial charge in [-0.1, -0.05) is 24.7 Å². The first-order chi connectivity index (χ1) is 4.93. The highest BCUT2D eigenvalue weighted by molar-refractivity contribution is 7.11. The molecular formula is C7H11NOS. The van der Waals surface area contributed by atoms with E-state index < -0.39 is 0 Å². The first-order valence-corrected chi connectivity index (χ1v) is 4.32. The molecule has 3 heteroatoms. The standard InChI is InChI=1S/C7H11NOS/c1-2-3-4-9-7-5-8-6-10-7/h5-6H,2-4H2,1H3. The summed E-state index contributed by atoms with van der Waals surface area (Å²) in [5.41, 5.74) is 1.78. The van der Waals surface area contributed by atoms with Crippen LogP contribution in [0.3, 0.4) is 0 Å². The molecule has 0 spiro atoms. The van der Waals surface area contributed by atoms with Crippen molar-refractivity contribution in [3.05, 3.63) is 11.7 Å². The number of hydrogen-bond donors (Lipinski definition) is 0. The van der Waals surface area contributed by atoms with Gasteiger partial charge in [-0.3, -0.25) is 0 Å². The van der Waals surface area contributed by atoms with Gasteiger partial charge in [0.25, 0.3) is 0 Å². The van der Waals surface area contributed by atoms with Gasteiger partial charge in [0.2, 0.25) is 0 Å². The van der Waals surface area contributed by atoms with Gasteiger partial charge in [0.05, 0.1) is 18.3 Å². The Morgan fingerprint density at radius 3 is 3.20 bits per heavy atom. The van der Waals surface area contributed by atoms with Crippen LogP contribution in [0.2, 0.25) is 0 Å². The monoisotopic (exact) mass is 157 g/mol. The summed E-state index contributed by atoms with van der Waals surface area (Å²) >= 11 is 1.54. The minimum absolute atomic E-state index is 0.818. The Morgan fingerprint density at radius 1 is 1.70 bits per heavy atom. The second kappa shape index (κ2) is 4.28. The van der Waals surface area contributed by atoms with E-state index in [0.717, 1.165) is 18.1 Å². The van der Waals surface area contributed by atoms with Crippen molar-refractivity contribution in [3.8, 4) is 5.06 Å². The highest BCUT2D eigenvalue weighted by Crippen LogP contribution is 2.15. The van der Waals surface area contributed by atoms with Gasteiger partial charge in [-0.05, 0) is 6.42 Å². The Balaban J connectivity index is 2.15. The van der Waals surface area contributed by atoms with Crippen LogP contribution in [0.15, 0.2) is 11.7 Å². The Hall–Kier alpha value is -0.570. The zero-order chi connectivity index (χ0) is 7.23. The van der Waals surface area contributed by atoms with E-state index >= 15 is 0 Å². The summed E-state index contributed by atoms with van der Waals surface area (Å²) in [6, 6.07) is 0. The average molecular weight is 157 g/mol. The van der Waals surface area contributed by atoms with Crippen molar-refractivity contribution in [2.45, 2.75) is 19.8 Å². The van der Waals surface area contributed by atoms with Crippen molar-refractivity contribution in [1.82, 2.24) is 4.98 Å². The molecule has 0 unspecified atom stereocenters. The highest BCUT2D eigenvalue weighted by Gasteiger charge is 1.91. The molecule has 0 saturated heterocycles. The van der Waals surface area contributed by atoms with Crippen LogP contribution in [0, 0.1) is 0 Å². The number of hydrogen-bond acceptors (Lipinski definition) is 3. The molecule has 0 radical (unpaired) electrons. The first kappa shape index (κ1) is 7.54. The van der Waals surface area contributed by atoms with Crippen molar-refractivity contribution >= 4 is 11.3 Å². The second-order valence-electron chi connectivity index (χ2n) is 2.02. The van der Waals surface area contributed by atoms with Gasteiger partial charge < -0.3 is 4.74 Å². The molecule has 10 heavy (non-hydrogen) atoms. The van der Waals surface area contributed by atoms with Crippen LogP contribution in [0.25, 0.3) is 0 Å².